The van der Waals surface area contributed by atoms with Crippen LogP contribution in [0.15, 0.2) is 75.8 Å². The number of hydrogen-bond donors (Lipinski definition) is 0. The molecule has 6 nitrogen and oxygen atoms in total. The zero-order valence-electron chi connectivity index (χ0n) is 20.8. The molecule has 0 aliphatic carbocycles. The predicted molar refractivity (Wildman–Crippen MR) is 150 cm³/mol. The van der Waals surface area contributed by atoms with Gasteiger partial charge in [-0.1, -0.05) is 63.4 Å². The van der Waals surface area contributed by atoms with Crippen molar-refractivity contribution in [3.8, 4) is 0 Å². The van der Waals surface area contributed by atoms with Gasteiger partial charge in [-0.3, -0.25) is 9.59 Å². The van der Waals surface area contributed by atoms with Crippen LogP contribution in [0.3, 0.4) is 0 Å². The first kappa shape index (κ1) is 28.2. The largest absolute Gasteiger partial charge is 0.383 e. The monoisotopic (exact) mass is 617 g/mol. The van der Waals surface area contributed by atoms with Crippen molar-refractivity contribution in [2.45, 2.75) is 32.9 Å². The molecule has 0 saturated heterocycles. The molecule has 0 bridgehead atoms. The van der Waals surface area contributed by atoms with Gasteiger partial charge >= 0.3 is 0 Å². The van der Waals surface area contributed by atoms with Crippen LogP contribution in [0.4, 0.5) is 0 Å². The quantitative estimate of drug-likeness (QED) is 0.237. The van der Waals surface area contributed by atoms with Crippen LogP contribution in [0.25, 0.3) is 0 Å². The zero-order valence-corrected chi connectivity index (χ0v) is 24.0. The lowest BCUT2D eigenvalue weighted by Crippen LogP contribution is -2.44. The van der Waals surface area contributed by atoms with Crippen molar-refractivity contribution in [2.75, 3.05) is 33.4 Å². The summed E-state index contributed by atoms with van der Waals surface area (Å²) >= 11 is 6.91. The topological polar surface area (TPSA) is 54.8 Å². The molecule has 0 unspecified atom stereocenters. The van der Waals surface area contributed by atoms with Crippen LogP contribution in [-0.4, -0.2) is 59.5 Å². The van der Waals surface area contributed by atoms with Gasteiger partial charge in [-0.15, -0.1) is 0 Å². The Morgan fingerprint density at radius 1 is 0.944 bits per heavy atom. The van der Waals surface area contributed by atoms with Gasteiger partial charge < -0.3 is 19.1 Å². The Labute approximate surface area is 230 Å². The number of unbranched alkanes of at least 4 members (excludes halogenated alkanes) is 1. The van der Waals surface area contributed by atoms with E-state index in [0.717, 1.165) is 34.0 Å². The van der Waals surface area contributed by atoms with Crippen molar-refractivity contribution >= 4 is 43.7 Å². The van der Waals surface area contributed by atoms with Gasteiger partial charge in [-0.25, -0.2) is 0 Å². The van der Waals surface area contributed by atoms with Gasteiger partial charge in [-0.2, -0.15) is 0 Å². The molecule has 0 aliphatic rings. The van der Waals surface area contributed by atoms with E-state index in [0.29, 0.717) is 31.8 Å². The second kappa shape index (κ2) is 14.4. The number of rotatable bonds is 13. The van der Waals surface area contributed by atoms with Crippen LogP contribution in [0.2, 0.25) is 0 Å². The molecule has 1 aromatic heterocycles. The molecule has 36 heavy (non-hydrogen) atoms. The first-order valence-corrected chi connectivity index (χ1v) is 13.7. The maximum absolute atomic E-state index is 13.5. The van der Waals surface area contributed by atoms with E-state index in [1.807, 2.05) is 41.4 Å². The van der Waals surface area contributed by atoms with E-state index in [1.54, 1.807) is 24.1 Å². The average Bonchev–Trinajstić information content (AvgIpc) is 3.31. The summed E-state index contributed by atoms with van der Waals surface area (Å²) in [6.07, 6.45) is 3.92. The Morgan fingerprint density at radius 3 is 2.42 bits per heavy atom. The van der Waals surface area contributed by atoms with Crippen molar-refractivity contribution in [2.24, 2.45) is 0 Å². The standard InChI is InChI=1S/C28H33Br2N3O3/c1-3-4-14-32(20-26-9-6-15-31(26)19-22-10-12-24(29)13-11-22)27(34)21-33(16-17-36-2)28(35)23-7-5-8-25(30)18-23/h5-13,15,18H,3-4,14,16-17,19-21H2,1-2H3. The molecular weight excluding hydrogens is 586 g/mol. The summed E-state index contributed by atoms with van der Waals surface area (Å²) in [6.45, 7) is 4.68. The Morgan fingerprint density at radius 2 is 1.72 bits per heavy atom. The second-order valence-electron chi connectivity index (χ2n) is 8.65. The van der Waals surface area contributed by atoms with Crippen LogP contribution in [0, 0.1) is 0 Å². The normalized spacial score (nSPS) is 10.9. The molecule has 1 heterocycles. The molecule has 2 amide bonds. The lowest BCUT2D eigenvalue weighted by Gasteiger charge is -2.28. The van der Waals surface area contributed by atoms with E-state index >= 15 is 0 Å². The number of hydrogen-bond acceptors (Lipinski definition) is 3. The van der Waals surface area contributed by atoms with Crippen molar-refractivity contribution in [1.82, 2.24) is 14.4 Å². The number of methoxy groups -OCH3 is 1. The molecule has 192 valence electrons. The summed E-state index contributed by atoms with van der Waals surface area (Å²) in [6, 6.07) is 19.6. The summed E-state index contributed by atoms with van der Waals surface area (Å²) in [5, 5.41) is 0. The van der Waals surface area contributed by atoms with Gasteiger partial charge in [0.25, 0.3) is 5.91 Å². The molecular formula is C28H33Br2N3O3. The number of aromatic nitrogens is 1. The molecule has 0 radical (unpaired) electrons. The fourth-order valence-corrected chi connectivity index (χ4v) is 4.56. The van der Waals surface area contributed by atoms with E-state index in [4.69, 9.17) is 4.74 Å². The summed E-state index contributed by atoms with van der Waals surface area (Å²) in [7, 11) is 1.59. The Hall–Kier alpha value is -2.42. The van der Waals surface area contributed by atoms with E-state index in [1.165, 1.54) is 5.56 Å². The van der Waals surface area contributed by atoms with Crippen molar-refractivity contribution < 1.29 is 14.3 Å². The SMILES string of the molecule is CCCCN(Cc1cccn1Cc1ccc(Br)cc1)C(=O)CN(CCOC)C(=O)c1cccc(Br)c1. The fourth-order valence-electron chi connectivity index (χ4n) is 3.89. The molecule has 0 aliphatic heterocycles. The maximum Gasteiger partial charge on any atom is 0.254 e. The summed E-state index contributed by atoms with van der Waals surface area (Å²) < 4.78 is 9.26. The number of benzene rings is 2. The van der Waals surface area contributed by atoms with Crippen LogP contribution in [0.1, 0.15) is 41.4 Å². The molecule has 2 aromatic carbocycles. The minimum Gasteiger partial charge on any atom is -0.383 e. The maximum atomic E-state index is 13.5. The minimum absolute atomic E-state index is 0.00580. The predicted octanol–water partition coefficient (Wildman–Crippen LogP) is 5.98. The van der Waals surface area contributed by atoms with Crippen LogP contribution < -0.4 is 0 Å². The molecule has 0 saturated carbocycles. The molecule has 0 fully saturated rings. The van der Waals surface area contributed by atoms with Crippen LogP contribution in [-0.2, 0) is 22.6 Å². The van der Waals surface area contributed by atoms with Crippen molar-refractivity contribution in [3.63, 3.8) is 0 Å². The third kappa shape index (κ3) is 8.32. The molecule has 0 N–H and O–H groups in total. The number of amides is 2. The molecule has 0 spiro atoms. The average molecular weight is 619 g/mol. The second-order valence-corrected chi connectivity index (χ2v) is 10.5. The van der Waals surface area contributed by atoms with E-state index < -0.39 is 0 Å². The number of halogens is 2. The van der Waals surface area contributed by atoms with Crippen LogP contribution in [0.5, 0.6) is 0 Å². The number of ether oxygens (including phenoxy) is 1. The first-order chi connectivity index (χ1) is 17.4. The molecule has 3 rings (SSSR count). The van der Waals surface area contributed by atoms with Gasteiger partial charge in [0.1, 0.15) is 6.54 Å². The number of carbonyl (C=O) groups excluding carboxylic acids is 2. The van der Waals surface area contributed by atoms with Gasteiger partial charge in [0, 0.05) is 53.1 Å². The van der Waals surface area contributed by atoms with Crippen LogP contribution >= 0.6 is 31.9 Å². The highest BCUT2D eigenvalue weighted by molar-refractivity contribution is 9.10. The smallest absolute Gasteiger partial charge is 0.254 e. The van der Waals surface area contributed by atoms with E-state index in [-0.39, 0.29) is 18.4 Å². The summed E-state index contributed by atoms with van der Waals surface area (Å²) in [4.78, 5) is 30.2. The zero-order chi connectivity index (χ0) is 25.9. The highest BCUT2D eigenvalue weighted by Gasteiger charge is 2.23. The lowest BCUT2D eigenvalue weighted by atomic mass is 10.2. The number of carbonyl (C=O) groups is 2. The fraction of sp³-hybridized carbons (Fsp3) is 0.357. The van der Waals surface area contributed by atoms with Gasteiger partial charge in [-0.05, 0) is 54.4 Å². The van der Waals surface area contributed by atoms with E-state index in [9.17, 15) is 9.59 Å². The third-order valence-electron chi connectivity index (χ3n) is 5.93. The molecule has 3 aromatic rings. The summed E-state index contributed by atoms with van der Waals surface area (Å²) in [5.41, 5.74) is 2.79. The first-order valence-electron chi connectivity index (χ1n) is 12.1. The highest BCUT2D eigenvalue weighted by atomic mass is 79.9. The Kier molecular flexibility index (Phi) is 11.2. The molecule has 0 atom stereocenters. The Bertz CT molecular complexity index is 1130. The van der Waals surface area contributed by atoms with Gasteiger partial charge in [0.05, 0.1) is 13.2 Å². The van der Waals surface area contributed by atoms with Gasteiger partial charge in [0.15, 0.2) is 0 Å². The Balaban J connectivity index is 1.75. The summed E-state index contributed by atoms with van der Waals surface area (Å²) in [5.74, 6) is -0.255. The molecule has 8 heteroatoms. The lowest BCUT2D eigenvalue weighted by molar-refractivity contribution is -0.132. The minimum atomic E-state index is -0.184. The number of nitrogens with zero attached hydrogens (tertiary/aromatic N) is 3. The van der Waals surface area contributed by atoms with Crippen molar-refractivity contribution in [1.29, 1.82) is 0 Å². The highest BCUT2D eigenvalue weighted by Crippen LogP contribution is 2.16. The van der Waals surface area contributed by atoms with Crippen molar-refractivity contribution in [3.05, 3.63) is 92.6 Å². The van der Waals surface area contributed by atoms with Gasteiger partial charge in [0.2, 0.25) is 5.91 Å². The third-order valence-corrected chi connectivity index (χ3v) is 6.95. The van der Waals surface area contributed by atoms with E-state index in [2.05, 4.69) is 61.5 Å².